The van der Waals surface area contributed by atoms with E-state index >= 15 is 0 Å². The van der Waals surface area contributed by atoms with Crippen LogP contribution in [0.4, 0.5) is 0 Å². The first-order valence-corrected chi connectivity index (χ1v) is 4.79. The molecule has 0 aromatic heterocycles. The summed E-state index contributed by atoms with van der Waals surface area (Å²) in [5.74, 6) is 6.95. The molecule has 0 nitrogen and oxygen atoms in total. The molecule has 0 heterocycles. The summed E-state index contributed by atoms with van der Waals surface area (Å²) in [6, 6.07) is 0. The molecule has 4 bridgehead atoms. The van der Waals surface area contributed by atoms with E-state index < -0.39 is 0 Å². The largest absolute Gasteiger partial charge is 0.0625 e. The van der Waals surface area contributed by atoms with Crippen LogP contribution in [-0.2, 0) is 0 Å². The molecule has 0 N–H and O–H groups in total. The van der Waals surface area contributed by atoms with Crippen molar-refractivity contribution in [3.8, 4) is 0 Å². The molecule has 0 aromatic rings. The highest BCUT2D eigenvalue weighted by molar-refractivity contribution is 5.16. The van der Waals surface area contributed by atoms with Crippen LogP contribution in [-0.4, -0.2) is 0 Å². The van der Waals surface area contributed by atoms with Gasteiger partial charge in [0.2, 0.25) is 0 Å². The molecule has 4 aliphatic carbocycles. The van der Waals surface area contributed by atoms with E-state index in [9.17, 15) is 0 Å². The third-order valence-corrected chi connectivity index (χ3v) is 4.31. The topological polar surface area (TPSA) is 0 Å². The van der Waals surface area contributed by atoms with E-state index in [1.165, 1.54) is 23.7 Å². The fraction of sp³-hybridized carbons (Fsp3) is 1.00. The molecule has 4 rings (SSSR count). The van der Waals surface area contributed by atoms with E-state index in [2.05, 4.69) is 13.8 Å². The van der Waals surface area contributed by atoms with Gasteiger partial charge in [0.25, 0.3) is 0 Å². The second kappa shape index (κ2) is 1.44. The fourth-order valence-electron chi connectivity index (χ4n) is 4.12. The first kappa shape index (κ1) is 5.62. The molecule has 0 aromatic carbocycles. The van der Waals surface area contributed by atoms with Crippen LogP contribution in [0, 0.1) is 35.5 Å². The number of hydrogen-bond acceptors (Lipinski definition) is 0. The molecule has 4 saturated carbocycles. The maximum Gasteiger partial charge on any atom is -0.0318 e. The lowest BCUT2D eigenvalue weighted by Gasteiger charge is -2.18. The Morgan fingerprint density at radius 1 is 1.10 bits per heavy atom. The smallest absolute Gasteiger partial charge is 0.0318 e. The molecule has 10 heavy (non-hydrogen) atoms. The Balaban J connectivity index is 1.90. The van der Waals surface area contributed by atoms with Crippen LogP contribution in [0.15, 0.2) is 0 Å². The summed E-state index contributed by atoms with van der Waals surface area (Å²) in [7, 11) is 0. The molecule has 56 valence electrons. The Bertz CT molecular complexity index is 157. The minimum absolute atomic E-state index is 0.979. The zero-order valence-corrected chi connectivity index (χ0v) is 6.88. The summed E-state index contributed by atoms with van der Waals surface area (Å²) in [5.41, 5.74) is 0. The Morgan fingerprint density at radius 3 is 1.90 bits per heavy atom. The third kappa shape index (κ3) is 0.436. The first-order valence-electron chi connectivity index (χ1n) is 4.79. The average Bonchev–Trinajstić information content (AvgIpc) is 2.38. The van der Waals surface area contributed by atoms with Gasteiger partial charge >= 0.3 is 0 Å². The van der Waals surface area contributed by atoms with Crippen molar-refractivity contribution in [2.24, 2.45) is 35.5 Å². The van der Waals surface area contributed by atoms with Gasteiger partial charge in [-0.25, -0.2) is 0 Å². The summed E-state index contributed by atoms with van der Waals surface area (Å²) in [6.45, 7) is 4.83. The van der Waals surface area contributed by atoms with Crippen molar-refractivity contribution < 1.29 is 0 Å². The Morgan fingerprint density at radius 2 is 1.70 bits per heavy atom. The van der Waals surface area contributed by atoms with Crippen LogP contribution in [0.5, 0.6) is 0 Å². The highest BCUT2D eigenvalue weighted by atomic mass is 14.7. The van der Waals surface area contributed by atoms with Gasteiger partial charge in [-0.1, -0.05) is 13.8 Å². The van der Waals surface area contributed by atoms with Crippen molar-refractivity contribution in [1.29, 1.82) is 0 Å². The van der Waals surface area contributed by atoms with E-state index in [0.29, 0.717) is 0 Å². The lowest BCUT2D eigenvalue weighted by Crippen LogP contribution is -2.11. The molecule has 0 radical (unpaired) electrons. The van der Waals surface area contributed by atoms with Gasteiger partial charge in [0.15, 0.2) is 0 Å². The van der Waals surface area contributed by atoms with Crippen LogP contribution in [0.25, 0.3) is 0 Å². The Kier molecular flexibility index (Phi) is 0.810. The molecule has 0 spiro atoms. The van der Waals surface area contributed by atoms with Crippen LogP contribution in [0.3, 0.4) is 0 Å². The molecular weight excluding hydrogens is 120 g/mol. The standard InChI is InChI=1S/C10H16/c1-5(2)9-6-3-7-8(4-6)10(7)9/h5-10H,3-4H2,1-2H3. The minimum Gasteiger partial charge on any atom is -0.0625 e. The van der Waals surface area contributed by atoms with Crippen molar-refractivity contribution in [1.82, 2.24) is 0 Å². The zero-order chi connectivity index (χ0) is 6.88. The quantitative estimate of drug-likeness (QED) is 0.519. The molecule has 0 aliphatic heterocycles. The van der Waals surface area contributed by atoms with Crippen molar-refractivity contribution in [2.75, 3.05) is 0 Å². The zero-order valence-electron chi connectivity index (χ0n) is 6.88. The SMILES string of the molecule is CC(C)C1C2CC3C(C2)C31. The highest BCUT2D eigenvalue weighted by Gasteiger charge is 2.68. The normalized spacial score (nSPS) is 62.1. The second-order valence-corrected chi connectivity index (χ2v) is 4.96. The van der Waals surface area contributed by atoms with Crippen molar-refractivity contribution in [2.45, 2.75) is 26.7 Å². The molecule has 3 unspecified atom stereocenters. The summed E-state index contributed by atoms with van der Waals surface area (Å²) >= 11 is 0. The van der Waals surface area contributed by atoms with Gasteiger partial charge in [0.05, 0.1) is 0 Å². The van der Waals surface area contributed by atoms with Crippen LogP contribution in [0.2, 0.25) is 0 Å². The molecule has 0 amide bonds. The van der Waals surface area contributed by atoms with Crippen LogP contribution in [0.1, 0.15) is 26.7 Å². The van der Waals surface area contributed by atoms with Crippen molar-refractivity contribution >= 4 is 0 Å². The maximum atomic E-state index is 2.42. The Hall–Kier alpha value is 0. The highest BCUT2D eigenvalue weighted by Crippen LogP contribution is 2.74. The Labute approximate surface area is 63.0 Å². The van der Waals surface area contributed by atoms with E-state index in [-0.39, 0.29) is 0 Å². The van der Waals surface area contributed by atoms with Gasteiger partial charge in [-0.05, 0) is 48.3 Å². The minimum atomic E-state index is 0.979. The number of rotatable bonds is 1. The third-order valence-electron chi connectivity index (χ3n) is 4.31. The molecular formula is C10H16. The predicted octanol–water partition coefficient (Wildman–Crippen LogP) is 2.54. The van der Waals surface area contributed by atoms with Gasteiger partial charge in [-0.2, -0.15) is 0 Å². The first-order chi connectivity index (χ1) is 4.79. The van der Waals surface area contributed by atoms with E-state index in [0.717, 1.165) is 11.8 Å². The van der Waals surface area contributed by atoms with Gasteiger partial charge in [-0.15, -0.1) is 0 Å². The molecule has 4 aliphatic rings. The van der Waals surface area contributed by atoms with Gasteiger partial charge < -0.3 is 0 Å². The van der Waals surface area contributed by atoms with E-state index in [4.69, 9.17) is 0 Å². The summed E-state index contributed by atoms with van der Waals surface area (Å²) < 4.78 is 0. The second-order valence-electron chi connectivity index (χ2n) is 4.96. The molecule has 0 saturated heterocycles. The molecule has 3 atom stereocenters. The van der Waals surface area contributed by atoms with Gasteiger partial charge in [-0.3, -0.25) is 0 Å². The summed E-state index contributed by atoms with van der Waals surface area (Å²) in [6.07, 6.45) is 3.22. The van der Waals surface area contributed by atoms with E-state index in [1.54, 1.807) is 12.8 Å². The lowest BCUT2D eigenvalue weighted by molar-refractivity contribution is 0.307. The van der Waals surface area contributed by atoms with Crippen LogP contribution < -0.4 is 0 Å². The van der Waals surface area contributed by atoms with Crippen LogP contribution >= 0.6 is 0 Å². The fourth-order valence-corrected chi connectivity index (χ4v) is 4.12. The average molecular weight is 136 g/mol. The number of hydrogen-bond donors (Lipinski definition) is 0. The lowest BCUT2D eigenvalue weighted by atomic mass is 9.87. The van der Waals surface area contributed by atoms with Gasteiger partial charge in [0.1, 0.15) is 0 Å². The molecule has 4 fully saturated rings. The summed E-state index contributed by atoms with van der Waals surface area (Å²) in [5, 5.41) is 0. The maximum absolute atomic E-state index is 2.42. The summed E-state index contributed by atoms with van der Waals surface area (Å²) in [4.78, 5) is 0. The predicted molar refractivity (Wildman–Crippen MR) is 41.5 cm³/mol. The molecule has 0 heteroatoms. The van der Waals surface area contributed by atoms with Crippen molar-refractivity contribution in [3.63, 3.8) is 0 Å². The monoisotopic (exact) mass is 136 g/mol. The van der Waals surface area contributed by atoms with Crippen molar-refractivity contribution in [3.05, 3.63) is 0 Å². The van der Waals surface area contributed by atoms with Gasteiger partial charge in [0, 0.05) is 0 Å². The van der Waals surface area contributed by atoms with E-state index in [1.807, 2.05) is 0 Å².